The zero-order chi connectivity index (χ0) is 14.0. The van der Waals surface area contributed by atoms with Crippen LogP contribution < -0.4 is 5.73 Å². The number of rotatable bonds is 4. The number of fused-ring (bicyclic) bond motifs is 1. The summed E-state index contributed by atoms with van der Waals surface area (Å²) in [6, 6.07) is 3.72. The number of aromatic nitrogens is 1. The highest BCUT2D eigenvalue weighted by Gasteiger charge is 2.30. The molecule has 2 N–H and O–H groups in total. The second-order valence-corrected chi connectivity index (χ2v) is 5.63. The smallest absolute Gasteiger partial charge is 0.330 e. The van der Waals surface area contributed by atoms with Gasteiger partial charge in [-0.25, -0.2) is 4.98 Å². The zero-order valence-corrected chi connectivity index (χ0v) is 11.3. The summed E-state index contributed by atoms with van der Waals surface area (Å²) in [5.41, 5.74) is 5.23. The van der Waals surface area contributed by atoms with Crippen LogP contribution in [0.5, 0.6) is 0 Å². The number of benzene rings is 1. The second-order valence-electron chi connectivity index (χ2n) is 4.56. The quantitative estimate of drug-likeness (QED) is 0.917. The highest BCUT2D eigenvalue weighted by molar-refractivity contribution is 7.18. The molecule has 0 saturated heterocycles. The van der Waals surface area contributed by atoms with Gasteiger partial charge in [-0.3, -0.25) is 0 Å². The lowest BCUT2D eigenvalue weighted by Crippen LogP contribution is -2.04. The van der Waals surface area contributed by atoms with Crippen LogP contribution in [0.15, 0.2) is 18.2 Å². The van der Waals surface area contributed by atoms with Gasteiger partial charge in [0.25, 0.3) is 0 Å². The fourth-order valence-corrected chi connectivity index (χ4v) is 2.91. The van der Waals surface area contributed by atoms with Crippen molar-refractivity contribution in [2.45, 2.75) is 31.9 Å². The predicted octanol–water partition coefficient (Wildman–Crippen LogP) is 4.16. The highest BCUT2D eigenvalue weighted by atomic mass is 32.1. The van der Waals surface area contributed by atoms with E-state index in [1.165, 1.54) is 17.4 Å². The molecule has 0 spiro atoms. The van der Waals surface area contributed by atoms with E-state index in [0.29, 0.717) is 12.1 Å². The van der Waals surface area contributed by atoms with Gasteiger partial charge in [-0.15, -0.1) is 11.3 Å². The van der Waals surface area contributed by atoms with Gasteiger partial charge in [-0.1, -0.05) is 6.92 Å². The standard InChI is InChI=1S/C13H15F3N2S/c1-8(3-2-6-17)12-18-10-7-9(13(14,15)16)4-5-11(10)19-12/h4-5,7-8H,2-3,6,17H2,1H3. The van der Waals surface area contributed by atoms with Crippen LogP contribution in [0.1, 0.15) is 36.3 Å². The molecule has 0 amide bonds. The Labute approximate surface area is 113 Å². The first-order valence-corrected chi connectivity index (χ1v) is 6.91. The fraction of sp³-hybridized carbons (Fsp3) is 0.462. The summed E-state index contributed by atoms with van der Waals surface area (Å²) in [5.74, 6) is 0.232. The Bertz CT molecular complexity index is 563. The third-order valence-corrected chi connectivity index (χ3v) is 4.26. The van der Waals surface area contributed by atoms with E-state index in [1.54, 1.807) is 0 Å². The first kappa shape index (κ1) is 14.3. The molecule has 2 aromatic rings. The maximum Gasteiger partial charge on any atom is 0.416 e. The third kappa shape index (κ3) is 3.25. The molecular weight excluding hydrogens is 273 g/mol. The van der Waals surface area contributed by atoms with E-state index in [9.17, 15) is 13.2 Å². The maximum atomic E-state index is 12.6. The number of nitrogens with two attached hydrogens (primary N) is 1. The van der Waals surface area contributed by atoms with Crippen molar-refractivity contribution < 1.29 is 13.2 Å². The lowest BCUT2D eigenvalue weighted by Gasteiger charge is -2.05. The second kappa shape index (κ2) is 5.46. The van der Waals surface area contributed by atoms with Gasteiger partial charge in [0.1, 0.15) is 0 Å². The van der Waals surface area contributed by atoms with Gasteiger partial charge in [0.15, 0.2) is 0 Å². The third-order valence-electron chi connectivity index (χ3n) is 2.99. The first-order valence-electron chi connectivity index (χ1n) is 6.09. The van der Waals surface area contributed by atoms with Gasteiger partial charge in [-0.2, -0.15) is 13.2 Å². The Morgan fingerprint density at radius 1 is 1.37 bits per heavy atom. The molecule has 1 unspecified atom stereocenters. The summed E-state index contributed by atoms with van der Waals surface area (Å²) in [6.07, 6.45) is -2.52. The van der Waals surface area contributed by atoms with E-state index in [1.807, 2.05) is 6.92 Å². The van der Waals surface area contributed by atoms with Crippen molar-refractivity contribution in [3.05, 3.63) is 28.8 Å². The molecule has 0 bridgehead atoms. The molecule has 0 radical (unpaired) electrons. The minimum absolute atomic E-state index is 0.232. The number of halogens is 3. The number of hydrogen-bond donors (Lipinski definition) is 1. The van der Waals surface area contributed by atoms with Gasteiger partial charge in [-0.05, 0) is 37.6 Å². The van der Waals surface area contributed by atoms with E-state index >= 15 is 0 Å². The van der Waals surface area contributed by atoms with Crippen LogP contribution in [-0.4, -0.2) is 11.5 Å². The lowest BCUT2D eigenvalue weighted by molar-refractivity contribution is -0.137. The normalized spacial score (nSPS) is 13.9. The summed E-state index contributed by atoms with van der Waals surface area (Å²) >= 11 is 1.46. The molecule has 1 heterocycles. The highest BCUT2D eigenvalue weighted by Crippen LogP contribution is 2.34. The van der Waals surface area contributed by atoms with Crippen molar-refractivity contribution >= 4 is 21.6 Å². The largest absolute Gasteiger partial charge is 0.416 e. The van der Waals surface area contributed by atoms with E-state index in [4.69, 9.17) is 5.73 Å². The number of hydrogen-bond acceptors (Lipinski definition) is 3. The van der Waals surface area contributed by atoms with Gasteiger partial charge < -0.3 is 5.73 Å². The summed E-state index contributed by atoms with van der Waals surface area (Å²) in [6.45, 7) is 2.64. The minimum Gasteiger partial charge on any atom is -0.330 e. The molecular formula is C13H15F3N2S. The molecule has 0 fully saturated rings. The van der Waals surface area contributed by atoms with Gasteiger partial charge in [0, 0.05) is 5.92 Å². The molecule has 0 saturated carbocycles. The van der Waals surface area contributed by atoms with Crippen LogP contribution in [0.25, 0.3) is 10.2 Å². The lowest BCUT2D eigenvalue weighted by atomic mass is 10.1. The van der Waals surface area contributed by atoms with Crippen LogP contribution >= 0.6 is 11.3 Å². The first-order chi connectivity index (χ1) is 8.91. The monoisotopic (exact) mass is 288 g/mol. The Balaban J connectivity index is 2.30. The van der Waals surface area contributed by atoms with Crippen LogP contribution in [0, 0.1) is 0 Å². The summed E-state index contributed by atoms with van der Waals surface area (Å²) in [4.78, 5) is 4.32. The van der Waals surface area contributed by atoms with Crippen molar-refractivity contribution in [3.8, 4) is 0 Å². The van der Waals surface area contributed by atoms with Gasteiger partial charge in [0.2, 0.25) is 0 Å². The van der Waals surface area contributed by atoms with E-state index in [-0.39, 0.29) is 5.92 Å². The van der Waals surface area contributed by atoms with Crippen molar-refractivity contribution in [1.82, 2.24) is 4.98 Å². The Hall–Kier alpha value is -1.14. The summed E-state index contributed by atoms with van der Waals surface area (Å²) < 4.78 is 38.6. The van der Waals surface area contributed by atoms with Crippen LogP contribution in [-0.2, 0) is 6.18 Å². The molecule has 0 aliphatic carbocycles. The van der Waals surface area contributed by atoms with Crippen molar-refractivity contribution in [2.24, 2.45) is 5.73 Å². The molecule has 1 atom stereocenters. The molecule has 19 heavy (non-hydrogen) atoms. The van der Waals surface area contributed by atoms with Crippen molar-refractivity contribution in [2.75, 3.05) is 6.54 Å². The zero-order valence-electron chi connectivity index (χ0n) is 10.5. The van der Waals surface area contributed by atoms with E-state index in [0.717, 1.165) is 34.7 Å². The SMILES string of the molecule is CC(CCCN)c1nc2cc(C(F)(F)F)ccc2s1. The summed E-state index contributed by atoms with van der Waals surface area (Å²) in [5, 5.41) is 0.878. The van der Waals surface area contributed by atoms with E-state index < -0.39 is 11.7 Å². The van der Waals surface area contributed by atoms with Crippen molar-refractivity contribution in [1.29, 1.82) is 0 Å². The van der Waals surface area contributed by atoms with Crippen LogP contribution in [0.2, 0.25) is 0 Å². The Kier molecular flexibility index (Phi) is 4.10. The average Bonchev–Trinajstić information content (AvgIpc) is 2.77. The molecule has 1 aromatic heterocycles. The average molecular weight is 288 g/mol. The van der Waals surface area contributed by atoms with Crippen LogP contribution in [0.3, 0.4) is 0 Å². The predicted molar refractivity (Wildman–Crippen MR) is 71.3 cm³/mol. The molecule has 104 valence electrons. The van der Waals surface area contributed by atoms with Gasteiger partial charge in [0.05, 0.1) is 20.8 Å². The van der Waals surface area contributed by atoms with E-state index in [2.05, 4.69) is 4.98 Å². The molecule has 6 heteroatoms. The maximum absolute atomic E-state index is 12.6. The molecule has 0 aliphatic rings. The molecule has 2 rings (SSSR count). The molecule has 2 nitrogen and oxygen atoms in total. The number of alkyl halides is 3. The minimum atomic E-state index is -4.32. The van der Waals surface area contributed by atoms with Gasteiger partial charge >= 0.3 is 6.18 Å². The topological polar surface area (TPSA) is 38.9 Å². The number of nitrogens with zero attached hydrogens (tertiary/aromatic N) is 1. The summed E-state index contributed by atoms with van der Waals surface area (Å²) in [7, 11) is 0. The fourth-order valence-electron chi connectivity index (χ4n) is 1.88. The number of thiazole rings is 1. The molecule has 1 aromatic carbocycles. The van der Waals surface area contributed by atoms with Crippen molar-refractivity contribution in [3.63, 3.8) is 0 Å². The Morgan fingerprint density at radius 2 is 2.11 bits per heavy atom. The molecule has 0 aliphatic heterocycles. The van der Waals surface area contributed by atoms with Crippen LogP contribution in [0.4, 0.5) is 13.2 Å². The Morgan fingerprint density at radius 3 is 2.74 bits per heavy atom.